The van der Waals surface area contributed by atoms with Gasteiger partial charge < -0.3 is 5.73 Å². The van der Waals surface area contributed by atoms with Crippen LogP contribution in [-0.4, -0.2) is 66.0 Å². The molecule has 3 aromatic carbocycles. The Hall–Kier alpha value is -3.45. The smallest absolute Gasteiger partial charge is 0.240 e. The number of rotatable bonds is 9. The molecule has 214 valence electrons. The Morgan fingerprint density at radius 3 is 2.02 bits per heavy atom. The lowest BCUT2D eigenvalue weighted by atomic mass is 9.84. The van der Waals surface area contributed by atoms with Gasteiger partial charge in [-0.05, 0) is 53.7 Å². The third kappa shape index (κ3) is 6.56. The summed E-state index contributed by atoms with van der Waals surface area (Å²) in [6.45, 7) is 6.75. The van der Waals surface area contributed by atoms with Crippen molar-refractivity contribution in [1.82, 2.24) is 14.8 Å². The number of nitrogens with two attached hydrogens (primary N) is 1. The van der Waals surface area contributed by atoms with Gasteiger partial charge in [-0.2, -0.15) is 5.01 Å². The molecule has 6 nitrogen and oxygen atoms in total. The second-order valence-corrected chi connectivity index (χ2v) is 11.8. The molecule has 41 heavy (non-hydrogen) atoms. The second-order valence-electron chi connectivity index (χ2n) is 11.8. The van der Waals surface area contributed by atoms with Crippen molar-refractivity contribution in [2.45, 2.75) is 50.6 Å². The molecule has 0 spiro atoms. The van der Waals surface area contributed by atoms with Crippen molar-refractivity contribution >= 4 is 17.3 Å². The SMILES string of the molecule is NC(=O)C1C=C(c2ccc(C3CCCCC3)cc2)N(c2ccccc2)N1CCN1CCN(Cc2ccccc2)CC1. The fourth-order valence-corrected chi connectivity index (χ4v) is 6.73. The third-order valence-electron chi connectivity index (χ3n) is 9.06. The Balaban J connectivity index is 1.16. The van der Waals surface area contributed by atoms with Gasteiger partial charge in [0.25, 0.3) is 0 Å². The molecule has 1 aliphatic carbocycles. The number of carbonyl (C=O) groups is 1. The first-order valence-electron chi connectivity index (χ1n) is 15.4. The van der Waals surface area contributed by atoms with Crippen molar-refractivity contribution in [3.8, 4) is 0 Å². The Labute approximate surface area is 245 Å². The van der Waals surface area contributed by atoms with Crippen molar-refractivity contribution in [1.29, 1.82) is 0 Å². The highest BCUT2D eigenvalue weighted by molar-refractivity contribution is 5.91. The quantitative estimate of drug-likeness (QED) is 0.383. The van der Waals surface area contributed by atoms with Crippen molar-refractivity contribution in [2.24, 2.45) is 5.73 Å². The van der Waals surface area contributed by atoms with E-state index in [0.29, 0.717) is 5.92 Å². The highest BCUT2D eigenvalue weighted by Gasteiger charge is 2.37. The van der Waals surface area contributed by atoms with Crippen LogP contribution < -0.4 is 10.7 Å². The number of benzene rings is 3. The molecule has 6 rings (SSSR count). The molecule has 0 radical (unpaired) electrons. The number of carbonyl (C=O) groups excluding carboxylic acids is 1. The van der Waals surface area contributed by atoms with Crippen molar-refractivity contribution in [3.05, 3.63) is 108 Å². The van der Waals surface area contributed by atoms with Gasteiger partial charge in [0, 0.05) is 45.8 Å². The van der Waals surface area contributed by atoms with Gasteiger partial charge in [0.05, 0.1) is 11.4 Å². The summed E-state index contributed by atoms with van der Waals surface area (Å²) in [5.74, 6) is 0.357. The fourth-order valence-electron chi connectivity index (χ4n) is 6.73. The number of hydrazine groups is 1. The van der Waals surface area contributed by atoms with Crippen LogP contribution in [0.3, 0.4) is 0 Å². The summed E-state index contributed by atoms with van der Waals surface area (Å²) in [7, 11) is 0. The van der Waals surface area contributed by atoms with E-state index in [0.717, 1.165) is 62.8 Å². The molecular formula is C35H43N5O. The number of hydrogen-bond donors (Lipinski definition) is 1. The molecular weight excluding hydrogens is 506 g/mol. The Morgan fingerprint density at radius 1 is 0.732 bits per heavy atom. The Kier molecular flexibility index (Phi) is 8.80. The van der Waals surface area contributed by atoms with Gasteiger partial charge in [-0.25, -0.2) is 0 Å². The predicted octanol–water partition coefficient (Wildman–Crippen LogP) is 5.48. The van der Waals surface area contributed by atoms with E-state index in [9.17, 15) is 4.79 Å². The minimum absolute atomic E-state index is 0.313. The summed E-state index contributed by atoms with van der Waals surface area (Å²) in [6.07, 6.45) is 8.66. The van der Waals surface area contributed by atoms with Gasteiger partial charge in [0.15, 0.2) is 0 Å². The number of piperazine rings is 1. The first-order valence-corrected chi connectivity index (χ1v) is 15.4. The van der Waals surface area contributed by atoms with E-state index >= 15 is 0 Å². The van der Waals surface area contributed by atoms with Crippen LogP contribution in [-0.2, 0) is 11.3 Å². The van der Waals surface area contributed by atoms with Gasteiger partial charge in [-0.1, -0.05) is 92.1 Å². The van der Waals surface area contributed by atoms with Gasteiger partial charge >= 0.3 is 0 Å². The van der Waals surface area contributed by atoms with Gasteiger partial charge in [0.2, 0.25) is 5.91 Å². The number of para-hydroxylation sites is 1. The number of primary amides is 1. The maximum Gasteiger partial charge on any atom is 0.240 e. The van der Waals surface area contributed by atoms with E-state index in [-0.39, 0.29) is 5.91 Å². The maximum absolute atomic E-state index is 12.8. The summed E-state index contributed by atoms with van der Waals surface area (Å²) >= 11 is 0. The fraction of sp³-hybridized carbons (Fsp3) is 0.400. The predicted molar refractivity (Wildman–Crippen MR) is 167 cm³/mol. The van der Waals surface area contributed by atoms with Crippen LogP contribution >= 0.6 is 0 Å². The Morgan fingerprint density at radius 2 is 1.37 bits per heavy atom. The molecule has 1 unspecified atom stereocenters. The molecule has 0 aromatic heterocycles. The van der Waals surface area contributed by atoms with Crippen LogP contribution in [0.15, 0.2) is 91.0 Å². The van der Waals surface area contributed by atoms with E-state index in [1.54, 1.807) is 0 Å². The lowest BCUT2D eigenvalue weighted by Gasteiger charge is -2.39. The number of anilines is 1. The number of hydrogen-bond acceptors (Lipinski definition) is 5. The lowest BCUT2D eigenvalue weighted by Crippen LogP contribution is -2.53. The van der Waals surface area contributed by atoms with Crippen LogP contribution in [0, 0.1) is 0 Å². The first-order chi connectivity index (χ1) is 20.2. The zero-order valence-electron chi connectivity index (χ0n) is 24.1. The highest BCUT2D eigenvalue weighted by Crippen LogP contribution is 2.37. The van der Waals surface area contributed by atoms with Gasteiger partial charge in [0.1, 0.15) is 6.04 Å². The summed E-state index contributed by atoms with van der Waals surface area (Å²) in [4.78, 5) is 17.8. The van der Waals surface area contributed by atoms with Gasteiger partial charge in [-0.15, -0.1) is 0 Å². The van der Waals surface area contributed by atoms with Crippen molar-refractivity contribution in [3.63, 3.8) is 0 Å². The number of amides is 1. The zero-order valence-corrected chi connectivity index (χ0v) is 24.1. The molecule has 2 heterocycles. The molecule has 1 amide bonds. The number of nitrogens with zero attached hydrogens (tertiary/aromatic N) is 4. The van der Waals surface area contributed by atoms with E-state index in [1.165, 1.54) is 43.2 Å². The van der Waals surface area contributed by atoms with E-state index < -0.39 is 6.04 Å². The molecule has 1 saturated carbocycles. The van der Waals surface area contributed by atoms with E-state index in [2.05, 4.69) is 105 Å². The average molecular weight is 550 g/mol. The molecule has 0 bridgehead atoms. The molecule has 2 N–H and O–H groups in total. The monoisotopic (exact) mass is 549 g/mol. The van der Waals surface area contributed by atoms with Crippen molar-refractivity contribution in [2.75, 3.05) is 44.3 Å². The first kappa shape index (κ1) is 27.7. The molecule has 2 aliphatic heterocycles. The van der Waals surface area contributed by atoms with Crippen LogP contribution in [0.1, 0.15) is 54.7 Å². The van der Waals surface area contributed by atoms with Crippen molar-refractivity contribution < 1.29 is 4.79 Å². The standard InChI is InChI=1S/C35H43N5O/c36-35(41)34-26-33(31-18-16-30(17-19-31)29-12-6-2-7-13-29)40(32-14-8-3-9-15-32)39(34)25-24-37-20-22-38(23-21-37)27-28-10-4-1-5-11-28/h1,3-5,8-11,14-19,26,29,34H,2,6-7,12-13,20-25,27H2,(H2,36,41). The molecule has 2 fully saturated rings. The summed E-state index contributed by atoms with van der Waals surface area (Å²) in [5, 5.41) is 4.38. The Bertz CT molecular complexity index is 1300. The summed E-state index contributed by atoms with van der Waals surface area (Å²) < 4.78 is 0. The molecule has 3 aliphatic rings. The maximum atomic E-state index is 12.8. The highest BCUT2D eigenvalue weighted by atomic mass is 16.1. The van der Waals surface area contributed by atoms with Crippen LogP contribution in [0.4, 0.5) is 5.69 Å². The molecule has 1 atom stereocenters. The molecule has 3 aromatic rings. The minimum Gasteiger partial charge on any atom is -0.368 e. The average Bonchev–Trinajstić information content (AvgIpc) is 3.42. The second kappa shape index (κ2) is 13.0. The van der Waals surface area contributed by atoms with Crippen LogP contribution in [0.25, 0.3) is 5.70 Å². The van der Waals surface area contributed by atoms with Crippen LogP contribution in [0.5, 0.6) is 0 Å². The largest absolute Gasteiger partial charge is 0.368 e. The summed E-state index contributed by atoms with van der Waals surface area (Å²) in [6, 6.07) is 29.7. The lowest BCUT2D eigenvalue weighted by molar-refractivity contribution is -0.121. The topological polar surface area (TPSA) is 56.1 Å². The normalized spacial score (nSPS) is 21.2. The molecule has 1 saturated heterocycles. The molecule has 6 heteroatoms. The van der Waals surface area contributed by atoms with E-state index in [4.69, 9.17) is 5.73 Å². The third-order valence-corrected chi connectivity index (χ3v) is 9.06. The van der Waals surface area contributed by atoms with Crippen LogP contribution in [0.2, 0.25) is 0 Å². The van der Waals surface area contributed by atoms with E-state index in [1.807, 2.05) is 6.07 Å². The summed E-state index contributed by atoms with van der Waals surface area (Å²) in [5.41, 5.74) is 12.0. The van der Waals surface area contributed by atoms with Gasteiger partial charge in [-0.3, -0.25) is 19.6 Å². The zero-order chi connectivity index (χ0) is 28.0. The minimum atomic E-state index is -0.484.